The largest absolute Gasteiger partial charge is 0.385 e. The molecule has 1 unspecified atom stereocenters. The maximum absolute atomic E-state index is 5.23. The van der Waals surface area contributed by atoms with E-state index in [4.69, 9.17) is 17.0 Å². The lowest BCUT2D eigenvalue weighted by atomic mass is 10.1. The molecule has 18 heavy (non-hydrogen) atoms. The molecule has 1 aromatic carbocycles. The predicted molar refractivity (Wildman–Crippen MR) is 79.8 cm³/mol. The number of methoxy groups -OCH3 is 1. The number of rotatable bonds is 7. The van der Waals surface area contributed by atoms with Crippen molar-refractivity contribution in [2.24, 2.45) is 0 Å². The molecule has 1 atom stereocenters. The summed E-state index contributed by atoms with van der Waals surface area (Å²) in [6.07, 6.45) is 1.94. The normalized spacial score (nSPS) is 11.9. The molecule has 0 spiro atoms. The van der Waals surface area contributed by atoms with Crippen molar-refractivity contribution in [2.45, 2.75) is 25.8 Å². The summed E-state index contributed by atoms with van der Waals surface area (Å²) in [5.74, 6) is 0. The van der Waals surface area contributed by atoms with Crippen molar-refractivity contribution in [3.8, 4) is 0 Å². The van der Waals surface area contributed by atoms with E-state index in [-0.39, 0.29) is 0 Å². The molecule has 0 saturated carbocycles. The van der Waals surface area contributed by atoms with Crippen molar-refractivity contribution in [1.29, 1.82) is 0 Å². The summed E-state index contributed by atoms with van der Waals surface area (Å²) in [7, 11) is 1.71. The molecule has 4 heteroatoms. The van der Waals surface area contributed by atoms with Crippen LogP contribution >= 0.6 is 12.2 Å². The molecule has 0 amide bonds. The Morgan fingerprint density at radius 1 is 1.33 bits per heavy atom. The molecule has 0 heterocycles. The Morgan fingerprint density at radius 2 is 2.06 bits per heavy atom. The Bertz CT molecular complexity index is 343. The SMILES string of the molecule is COCCCNC(=S)NC(C)Cc1ccccc1. The van der Waals surface area contributed by atoms with Crippen LogP contribution in [0.15, 0.2) is 30.3 Å². The molecule has 0 aliphatic rings. The van der Waals surface area contributed by atoms with Gasteiger partial charge in [0, 0.05) is 26.3 Å². The highest BCUT2D eigenvalue weighted by molar-refractivity contribution is 7.80. The lowest BCUT2D eigenvalue weighted by Gasteiger charge is -2.17. The van der Waals surface area contributed by atoms with Gasteiger partial charge in [0.2, 0.25) is 0 Å². The van der Waals surface area contributed by atoms with Gasteiger partial charge in [0.25, 0.3) is 0 Å². The minimum absolute atomic E-state index is 0.329. The molecule has 100 valence electrons. The molecule has 1 aromatic rings. The van der Waals surface area contributed by atoms with Crippen molar-refractivity contribution in [1.82, 2.24) is 10.6 Å². The van der Waals surface area contributed by atoms with Crippen LogP contribution in [0.3, 0.4) is 0 Å². The molecular formula is C14H22N2OS. The summed E-state index contributed by atoms with van der Waals surface area (Å²) in [5.41, 5.74) is 1.32. The molecule has 0 saturated heterocycles. The maximum atomic E-state index is 5.23. The average Bonchev–Trinajstić information content (AvgIpc) is 2.35. The third-order valence-corrected chi connectivity index (χ3v) is 2.84. The Hall–Kier alpha value is -1.13. The number of benzene rings is 1. The summed E-state index contributed by atoms with van der Waals surface area (Å²) in [4.78, 5) is 0. The second-order valence-electron chi connectivity index (χ2n) is 4.34. The summed E-state index contributed by atoms with van der Waals surface area (Å²) in [6, 6.07) is 10.7. The zero-order valence-electron chi connectivity index (χ0n) is 11.1. The Kier molecular flexibility index (Phi) is 7.37. The van der Waals surface area contributed by atoms with Gasteiger partial charge in [-0.05, 0) is 37.5 Å². The number of hydrogen-bond acceptors (Lipinski definition) is 2. The van der Waals surface area contributed by atoms with Gasteiger partial charge in [0.1, 0.15) is 0 Å². The van der Waals surface area contributed by atoms with Crippen molar-refractivity contribution in [3.05, 3.63) is 35.9 Å². The van der Waals surface area contributed by atoms with Gasteiger partial charge in [-0.3, -0.25) is 0 Å². The second kappa shape index (κ2) is 8.89. The van der Waals surface area contributed by atoms with E-state index >= 15 is 0 Å². The molecule has 0 bridgehead atoms. The third-order valence-electron chi connectivity index (χ3n) is 2.57. The van der Waals surface area contributed by atoms with Crippen molar-refractivity contribution in [3.63, 3.8) is 0 Å². The molecule has 0 aliphatic carbocycles. The van der Waals surface area contributed by atoms with E-state index < -0.39 is 0 Å². The Balaban J connectivity index is 2.19. The fraction of sp³-hybridized carbons (Fsp3) is 0.500. The average molecular weight is 266 g/mol. The van der Waals surface area contributed by atoms with Gasteiger partial charge in [-0.2, -0.15) is 0 Å². The first-order valence-electron chi connectivity index (χ1n) is 6.29. The zero-order valence-corrected chi connectivity index (χ0v) is 11.9. The van der Waals surface area contributed by atoms with Gasteiger partial charge >= 0.3 is 0 Å². The summed E-state index contributed by atoms with van der Waals surface area (Å²) in [5, 5.41) is 7.18. The minimum atomic E-state index is 0.329. The summed E-state index contributed by atoms with van der Waals surface area (Å²) in [6.45, 7) is 3.74. The summed E-state index contributed by atoms with van der Waals surface area (Å²) < 4.78 is 4.98. The molecule has 1 rings (SSSR count). The van der Waals surface area contributed by atoms with Gasteiger partial charge in [-0.15, -0.1) is 0 Å². The van der Waals surface area contributed by atoms with E-state index in [2.05, 4.69) is 41.8 Å². The van der Waals surface area contributed by atoms with E-state index in [1.54, 1.807) is 7.11 Å². The van der Waals surface area contributed by atoms with E-state index in [0.29, 0.717) is 6.04 Å². The van der Waals surface area contributed by atoms with Gasteiger partial charge < -0.3 is 15.4 Å². The zero-order chi connectivity index (χ0) is 13.2. The quantitative estimate of drug-likeness (QED) is 0.585. The molecule has 0 aliphatic heterocycles. The van der Waals surface area contributed by atoms with E-state index in [9.17, 15) is 0 Å². The molecule has 0 aromatic heterocycles. The van der Waals surface area contributed by atoms with Crippen LogP contribution in [-0.4, -0.2) is 31.4 Å². The van der Waals surface area contributed by atoms with E-state index in [1.165, 1.54) is 5.56 Å². The number of hydrogen-bond donors (Lipinski definition) is 2. The van der Waals surface area contributed by atoms with Crippen LogP contribution in [0.2, 0.25) is 0 Å². The van der Waals surface area contributed by atoms with E-state index in [1.807, 2.05) is 6.07 Å². The molecule has 2 N–H and O–H groups in total. The molecule has 3 nitrogen and oxygen atoms in total. The van der Waals surface area contributed by atoms with E-state index in [0.717, 1.165) is 31.1 Å². The van der Waals surface area contributed by atoms with Gasteiger partial charge in [0.15, 0.2) is 5.11 Å². The highest BCUT2D eigenvalue weighted by Gasteiger charge is 2.04. The van der Waals surface area contributed by atoms with Crippen molar-refractivity contribution >= 4 is 17.3 Å². The second-order valence-corrected chi connectivity index (χ2v) is 4.75. The predicted octanol–water partition coefficient (Wildman–Crippen LogP) is 2.12. The molecule has 0 radical (unpaired) electrons. The highest BCUT2D eigenvalue weighted by atomic mass is 32.1. The molecular weight excluding hydrogens is 244 g/mol. The monoisotopic (exact) mass is 266 g/mol. The van der Waals surface area contributed by atoms with Gasteiger partial charge in [0.05, 0.1) is 0 Å². The van der Waals surface area contributed by atoms with Crippen LogP contribution in [0.25, 0.3) is 0 Å². The first kappa shape index (κ1) is 14.9. The topological polar surface area (TPSA) is 33.3 Å². The lowest BCUT2D eigenvalue weighted by molar-refractivity contribution is 0.195. The first-order valence-corrected chi connectivity index (χ1v) is 6.70. The van der Waals surface area contributed by atoms with Crippen LogP contribution in [0.1, 0.15) is 18.9 Å². The van der Waals surface area contributed by atoms with Gasteiger partial charge in [-0.25, -0.2) is 0 Å². The van der Waals surface area contributed by atoms with Crippen LogP contribution in [-0.2, 0) is 11.2 Å². The standard InChI is InChI=1S/C14H22N2OS/c1-12(11-13-7-4-3-5-8-13)16-14(18)15-9-6-10-17-2/h3-5,7-8,12H,6,9-11H2,1-2H3,(H2,15,16,18). The Morgan fingerprint density at radius 3 is 2.72 bits per heavy atom. The maximum Gasteiger partial charge on any atom is 0.166 e. The molecule has 0 fully saturated rings. The van der Waals surface area contributed by atoms with Crippen LogP contribution < -0.4 is 10.6 Å². The number of thiocarbonyl (C=S) groups is 1. The highest BCUT2D eigenvalue weighted by Crippen LogP contribution is 2.02. The van der Waals surface area contributed by atoms with Crippen LogP contribution in [0.5, 0.6) is 0 Å². The minimum Gasteiger partial charge on any atom is -0.385 e. The number of ether oxygens (including phenoxy) is 1. The van der Waals surface area contributed by atoms with Crippen LogP contribution in [0.4, 0.5) is 0 Å². The Labute approximate surface area is 115 Å². The van der Waals surface area contributed by atoms with Gasteiger partial charge in [-0.1, -0.05) is 30.3 Å². The number of nitrogens with one attached hydrogen (secondary N) is 2. The first-order chi connectivity index (χ1) is 8.72. The smallest absolute Gasteiger partial charge is 0.166 e. The van der Waals surface area contributed by atoms with Crippen molar-refractivity contribution < 1.29 is 4.74 Å². The van der Waals surface area contributed by atoms with Crippen molar-refractivity contribution in [2.75, 3.05) is 20.3 Å². The lowest BCUT2D eigenvalue weighted by Crippen LogP contribution is -2.41. The van der Waals surface area contributed by atoms with Crippen LogP contribution in [0, 0.1) is 0 Å². The fourth-order valence-corrected chi connectivity index (χ4v) is 2.02. The fourth-order valence-electron chi connectivity index (χ4n) is 1.71. The summed E-state index contributed by atoms with van der Waals surface area (Å²) >= 11 is 5.23. The third kappa shape index (κ3) is 6.57.